The van der Waals surface area contributed by atoms with Gasteiger partial charge < -0.3 is 5.32 Å². The zero-order valence-corrected chi connectivity index (χ0v) is 16.5. The first-order valence-corrected chi connectivity index (χ1v) is 8.89. The summed E-state index contributed by atoms with van der Waals surface area (Å²) >= 11 is 0. The zero-order chi connectivity index (χ0) is 23.8. The van der Waals surface area contributed by atoms with Gasteiger partial charge in [-0.3, -0.25) is 4.79 Å². The molecule has 0 aliphatic rings. The Morgan fingerprint density at radius 3 is 2.16 bits per heavy atom. The van der Waals surface area contributed by atoms with Crippen molar-refractivity contribution in [1.82, 2.24) is 0 Å². The van der Waals surface area contributed by atoms with Crippen LogP contribution in [0.5, 0.6) is 0 Å². The molecule has 168 valence electrons. The number of nitrogens with zero attached hydrogens (tertiary/aromatic N) is 1. The molecule has 0 bridgehead atoms. The first kappa shape index (κ1) is 24.3. The van der Waals surface area contributed by atoms with Gasteiger partial charge in [-0.1, -0.05) is 13.0 Å². The number of alkyl halides is 6. The maximum absolute atomic E-state index is 14.8. The molecule has 0 saturated carbocycles. The molecule has 0 aromatic heterocycles. The van der Waals surface area contributed by atoms with Crippen molar-refractivity contribution < 1.29 is 35.5 Å². The van der Waals surface area contributed by atoms with Crippen molar-refractivity contribution in [3.8, 4) is 0 Å². The Balaban J connectivity index is 2.55. The zero-order valence-electron chi connectivity index (χ0n) is 16.5. The Morgan fingerprint density at radius 1 is 1.06 bits per heavy atom. The van der Waals surface area contributed by atoms with Crippen molar-refractivity contribution in [1.29, 1.82) is 0 Å². The second kappa shape index (κ2) is 8.27. The van der Waals surface area contributed by atoms with E-state index < -0.39 is 40.7 Å². The average molecular weight is 450 g/mol. The molecule has 0 radical (unpaired) electrons. The summed E-state index contributed by atoms with van der Waals surface area (Å²) in [5, 5.41) is 4.81. The predicted molar refractivity (Wildman–Crippen MR) is 99.8 cm³/mol. The maximum Gasteiger partial charge on any atom is 0.432 e. The third-order valence-electron chi connectivity index (χ3n) is 4.74. The van der Waals surface area contributed by atoms with Crippen LogP contribution in [0.15, 0.2) is 35.5 Å². The van der Waals surface area contributed by atoms with Crippen molar-refractivity contribution in [3.63, 3.8) is 0 Å². The molecule has 0 fully saturated rings. The molecule has 2 rings (SSSR count). The van der Waals surface area contributed by atoms with Gasteiger partial charge in [-0.2, -0.15) is 13.2 Å². The van der Waals surface area contributed by atoms with Gasteiger partial charge in [-0.15, -0.1) is 4.91 Å². The van der Waals surface area contributed by atoms with E-state index in [-0.39, 0.29) is 35.7 Å². The van der Waals surface area contributed by atoms with Gasteiger partial charge in [-0.25, -0.2) is 17.6 Å². The highest BCUT2D eigenvalue weighted by atomic mass is 19.4. The van der Waals surface area contributed by atoms with Crippen LogP contribution in [0.1, 0.15) is 40.9 Å². The van der Waals surface area contributed by atoms with E-state index >= 15 is 0 Å². The number of nitrogens with one attached hydrogen (secondary N) is 1. The molecule has 0 aliphatic heterocycles. The fourth-order valence-corrected chi connectivity index (χ4v) is 3.09. The van der Waals surface area contributed by atoms with Gasteiger partial charge in [0.25, 0.3) is 17.5 Å². The van der Waals surface area contributed by atoms with Crippen molar-refractivity contribution in [2.75, 3.05) is 5.32 Å². The van der Waals surface area contributed by atoms with Crippen molar-refractivity contribution in [3.05, 3.63) is 63.3 Å². The van der Waals surface area contributed by atoms with Crippen LogP contribution in [0.4, 0.5) is 42.1 Å². The van der Waals surface area contributed by atoms with E-state index in [9.17, 15) is 40.4 Å². The fraction of sp³-hybridized carbons (Fsp3) is 0.350. The minimum absolute atomic E-state index is 0.0230. The number of hydrogen-bond donors (Lipinski definition) is 1. The van der Waals surface area contributed by atoms with Crippen LogP contribution in [-0.4, -0.2) is 18.0 Å². The summed E-state index contributed by atoms with van der Waals surface area (Å²) in [5.74, 6) is -6.60. The van der Waals surface area contributed by atoms with Gasteiger partial charge in [0.05, 0.1) is 0 Å². The first-order valence-electron chi connectivity index (χ1n) is 8.89. The summed E-state index contributed by atoms with van der Waals surface area (Å²) in [4.78, 5) is 23.1. The Hall–Kier alpha value is -2.98. The summed E-state index contributed by atoms with van der Waals surface area (Å²) < 4.78 is 95.5. The van der Waals surface area contributed by atoms with E-state index in [0.717, 1.165) is 18.2 Å². The van der Waals surface area contributed by atoms with Gasteiger partial charge in [0.15, 0.2) is 5.82 Å². The molecule has 11 heteroatoms. The van der Waals surface area contributed by atoms with E-state index in [1.54, 1.807) is 0 Å². The lowest BCUT2D eigenvalue weighted by atomic mass is 9.86. The molecule has 0 aliphatic carbocycles. The number of carbonyl (C=O) groups excluding carboxylic acids is 1. The lowest BCUT2D eigenvalue weighted by molar-refractivity contribution is -0.304. The topological polar surface area (TPSA) is 58.5 Å². The highest BCUT2D eigenvalue weighted by molar-refractivity contribution is 6.05. The standard InChI is InChI=1S/C20H17F7N2O2/c1-4-11-8-13(19(24,18(3,22)23)20(25,26)27)7-10(2)16(11)28-17(30)12-5-6-14(21)15(9-12)29-31/h5-9H,4H2,1-3H3,(H,28,30). The summed E-state index contributed by atoms with van der Waals surface area (Å²) in [6.07, 6.45) is -5.93. The highest BCUT2D eigenvalue weighted by Crippen LogP contribution is 2.53. The molecule has 0 spiro atoms. The monoisotopic (exact) mass is 450 g/mol. The summed E-state index contributed by atoms with van der Waals surface area (Å²) in [5.41, 5.74) is -7.22. The molecule has 1 N–H and O–H groups in total. The Morgan fingerprint density at radius 2 is 1.68 bits per heavy atom. The normalized spacial score (nSPS) is 14.1. The number of amides is 1. The van der Waals surface area contributed by atoms with E-state index in [2.05, 4.69) is 10.5 Å². The second-order valence-electron chi connectivity index (χ2n) is 6.94. The number of rotatable bonds is 6. The average Bonchev–Trinajstić information content (AvgIpc) is 2.67. The molecule has 31 heavy (non-hydrogen) atoms. The quantitative estimate of drug-likeness (QED) is 0.392. The van der Waals surface area contributed by atoms with Gasteiger partial charge in [-0.05, 0) is 53.9 Å². The second-order valence-corrected chi connectivity index (χ2v) is 6.94. The van der Waals surface area contributed by atoms with Gasteiger partial charge in [0, 0.05) is 23.7 Å². The Kier molecular flexibility index (Phi) is 6.48. The summed E-state index contributed by atoms with van der Waals surface area (Å²) in [7, 11) is 0. The van der Waals surface area contributed by atoms with Crippen molar-refractivity contribution in [2.45, 2.75) is 45.0 Å². The molecule has 1 atom stereocenters. The third-order valence-corrected chi connectivity index (χ3v) is 4.74. The van der Waals surface area contributed by atoms with E-state index in [4.69, 9.17) is 0 Å². The van der Waals surface area contributed by atoms with Crippen LogP contribution in [0.2, 0.25) is 0 Å². The molecule has 0 saturated heterocycles. The minimum atomic E-state index is -5.90. The van der Waals surface area contributed by atoms with Crippen LogP contribution in [0.3, 0.4) is 0 Å². The first-order chi connectivity index (χ1) is 14.2. The van der Waals surface area contributed by atoms with Crippen LogP contribution >= 0.6 is 0 Å². The minimum Gasteiger partial charge on any atom is -0.321 e. The van der Waals surface area contributed by atoms with Crippen molar-refractivity contribution >= 4 is 17.3 Å². The van der Waals surface area contributed by atoms with Gasteiger partial charge in [0.2, 0.25) is 0 Å². The van der Waals surface area contributed by atoms with Crippen LogP contribution in [0, 0.1) is 17.6 Å². The van der Waals surface area contributed by atoms with Crippen LogP contribution < -0.4 is 5.32 Å². The lowest BCUT2D eigenvalue weighted by Crippen LogP contribution is -2.51. The highest BCUT2D eigenvalue weighted by Gasteiger charge is 2.70. The smallest absolute Gasteiger partial charge is 0.321 e. The molecule has 2 aromatic carbocycles. The molecule has 1 unspecified atom stereocenters. The number of benzene rings is 2. The van der Waals surface area contributed by atoms with E-state index in [0.29, 0.717) is 12.1 Å². The van der Waals surface area contributed by atoms with Gasteiger partial charge in [0.1, 0.15) is 5.69 Å². The number of anilines is 1. The molecule has 2 aromatic rings. The van der Waals surface area contributed by atoms with E-state index in [1.807, 2.05) is 0 Å². The lowest BCUT2D eigenvalue weighted by Gasteiger charge is -2.34. The van der Waals surface area contributed by atoms with Crippen LogP contribution in [-0.2, 0) is 12.1 Å². The molecule has 0 heterocycles. The summed E-state index contributed by atoms with van der Waals surface area (Å²) in [6.45, 7) is 2.52. The van der Waals surface area contributed by atoms with Gasteiger partial charge >= 0.3 is 6.18 Å². The molecular formula is C20H17F7N2O2. The molecule has 1 amide bonds. The van der Waals surface area contributed by atoms with Crippen molar-refractivity contribution in [2.24, 2.45) is 5.18 Å². The molecule has 4 nitrogen and oxygen atoms in total. The number of nitroso groups, excluding NO2 is 1. The number of hydrogen-bond acceptors (Lipinski definition) is 3. The van der Waals surface area contributed by atoms with E-state index in [1.165, 1.54) is 13.8 Å². The predicted octanol–water partition coefficient (Wildman–Crippen LogP) is 6.73. The van der Waals surface area contributed by atoms with Crippen LogP contribution in [0.25, 0.3) is 0 Å². The Bertz CT molecular complexity index is 1000. The number of halogens is 7. The SMILES string of the molecule is CCc1cc(C(F)(C(C)(F)F)C(F)(F)F)cc(C)c1NC(=O)c1ccc(F)c(N=O)c1. The maximum atomic E-state index is 14.8. The fourth-order valence-electron chi connectivity index (χ4n) is 3.09. The number of carbonyl (C=O) groups is 1. The largest absolute Gasteiger partial charge is 0.432 e. The Labute approximate surface area is 172 Å². The molecular weight excluding hydrogens is 433 g/mol. The number of aryl methyl sites for hydroxylation is 2. The summed E-state index contributed by atoms with van der Waals surface area (Å²) in [6, 6.07) is 3.94. The third kappa shape index (κ3) is 4.40.